The SMILES string of the molecule is O=C(COc1coc(Cn2cc3ccccc3c2)cc1=O)N1CCN(c2ccc(Cl)cc2)CC1. The van der Waals surface area contributed by atoms with Gasteiger partial charge in [0.2, 0.25) is 11.2 Å². The van der Waals surface area contributed by atoms with Crippen molar-refractivity contribution in [1.29, 1.82) is 0 Å². The Morgan fingerprint density at radius 2 is 1.65 bits per heavy atom. The van der Waals surface area contributed by atoms with Crippen molar-refractivity contribution in [1.82, 2.24) is 9.47 Å². The summed E-state index contributed by atoms with van der Waals surface area (Å²) in [6.45, 7) is 2.85. The summed E-state index contributed by atoms with van der Waals surface area (Å²) < 4.78 is 13.1. The fourth-order valence-electron chi connectivity index (χ4n) is 4.14. The minimum Gasteiger partial charge on any atom is -0.477 e. The van der Waals surface area contributed by atoms with E-state index >= 15 is 0 Å². The maximum absolute atomic E-state index is 12.6. The number of nitrogens with zero attached hydrogens (tertiary/aromatic N) is 3. The molecule has 0 saturated carbocycles. The lowest BCUT2D eigenvalue weighted by molar-refractivity contribution is -0.133. The molecular formula is C26H24ClN3O4. The van der Waals surface area contributed by atoms with Gasteiger partial charge in [-0.25, -0.2) is 0 Å². The number of carbonyl (C=O) groups excluding carboxylic acids is 1. The maximum Gasteiger partial charge on any atom is 0.260 e. The standard InChI is InChI=1S/C26H24ClN3O4/c27-21-5-7-22(8-6-21)29-9-11-30(12-10-29)26(32)18-34-25-17-33-23(13-24(25)31)16-28-14-19-3-1-2-4-20(19)15-28/h1-8,13-15,17H,9-12,16,18H2. The van der Waals surface area contributed by atoms with Crippen LogP contribution in [-0.4, -0.2) is 48.2 Å². The lowest BCUT2D eigenvalue weighted by Crippen LogP contribution is -2.50. The van der Waals surface area contributed by atoms with Crippen LogP contribution in [0, 0.1) is 0 Å². The molecule has 174 valence electrons. The first kappa shape index (κ1) is 22.1. The molecule has 1 aliphatic rings. The highest BCUT2D eigenvalue weighted by molar-refractivity contribution is 6.30. The predicted molar refractivity (Wildman–Crippen MR) is 132 cm³/mol. The van der Waals surface area contributed by atoms with Crippen LogP contribution in [0.5, 0.6) is 5.75 Å². The van der Waals surface area contributed by atoms with Crippen molar-refractivity contribution in [3.05, 3.63) is 94.3 Å². The fraction of sp³-hybridized carbons (Fsp3) is 0.231. The van der Waals surface area contributed by atoms with Crippen LogP contribution in [0.4, 0.5) is 5.69 Å². The number of ether oxygens (including phenoxy) is 1. The number of halogens is 1. The van der Waals surface area contributed by atoms with Gasteiger partial charge in [-0.2, -0.15) is 0 Å². The molecule has 1 aliphatic heterocycles. The van der Waals surface area contributed by atoms with Gasteiger partial charge in [-0.15, -0.1) is 0 Å². The molecule has 1 saturated heterocycles. The minimum absolute atomic E-state index is 0.0366. The van der Waals surface area contributed by atoms with Gasteiger partial charge in [0.25, 0.3) is 5.91 Å². The topological polar surface area (TPSA) is 67.9 Å². The van der Waals surface area contributed by atoms with Gasteiger partial charge in [-0.3, -0.25) is 9.59 Å². The molecule has 7 nitrogen and oxygen atoms in total. The Labute approximate surface area is 201 Å². The molecule has 0 radical (unpaired) electrons. The first-order valence-corrected chi connectivity index (χ1v) is 11.5. The van der Waals surface area contributed by atoms with Crippen LogP contribution >= 0.6 is 11.6 Å². The third-order valence-electron chi connectivity index (χ3n) is 5.97. The molecule has 0 atom stereocenters. The number of piperazine rings is 1. The van der Waals surface area contributed by atoms with Gasteiger partial charge in [-0.05, 0) is 35.0 Å². The summed E-state index contributed by atoms with van der Waals surface area (Å²) in [5, 5.41) is 2.94. The number of carbonyl (C=O) groups is 1. The quantitative estimate of drug-likeness (QED) is 0.419. The lowest BCUT2D eigenvalue weighted by Gasteiger charge is -2.36. The number of anilines is 1. The van der Waals surface area contributed by atoms with Crippen molar-refractivity contribution >= 4 is 34.0 Å². The summed E-state index contributed by atoms with van der Waals surface area (Å²) in [6.07, 6.45) is 5.29. The monoisotopic (exact) mass is 477 g/mol. The molecule has 2 aromatic heterocycles. The lowest BCUT2D eigenvalue weighted by atomic mass is 10.2. The molecule has 4 aromatic rings. The van der Waals surface area contributed by atoms with Crippen molar-refractivity contribution in [2.75, 3.05) is 37.7 Å². The summed E-state index contributed by atoms with van der Waals surface area (Å²) in [5.74, 6) is 0.398. The normalized spacial score (nSPS) is 13.9. The van der Waals surface area contributed by atoms with E-state index in [2.05, 4.69) is 4.90 Å². The summed E-state index contributed by atoms with van der Waals surface area (Å²) in [4.78, 5) is 29.0. The van der Waals surface area contributed by atoms with E-state index in [1.165, 1.54) is 12.3 Å². The summed E-state index contributed by atoms with van der Waals surface area (Å²) in [7, 11) is 0. The van der Waals surface area contributed by atoms with E-state index in [4.69, 9.17) is 20.8 Å². The van der Waals surface area contributed by atoms with Crippen molar-refractivity contribution in [2.45, 2.75) is 6.54 Å². The number of amides is 1. The molecule has 5 rings (SSSR count). The average molecular weight is 478 g/mol. The predicted octanol–water partition coefficient (Wildman–Crippen LogP) is 4.02. The van der Waals surface area contributed by atoms with E-state index in [9.17, 15) is 9.59 Å². The second-order valence-electron chi connectivity index (χ2n) is 8.27. The molecule has 3 heterocycles. The Balaban J connectivity index is 1.14. The molecule has 2 aromatic carbocycles. The van der Waals surface area contributed by atoms with E-state index in [1.807, 2.05) is 65.5 Å². The molecule has 8 heteroatoms. The molecule has 0 unspecified atom stereocenters. The molecule has 0 spiro atoms. The zero-order valence-corrected chi connectivity index (χ0v) is 19.3. The fourth-order valence-corrected chi connectivity index (χ4v) is 4.26. The third-order valence-corrected chi connectivity index (χ3v) is 6.22. The van der Waals surface area contributed by atoms with Gasteiger partial charge in [0.1, 0.15) is 12.0 Å². The van der Waals surface area contributed by atoms with E-state index in [0.717, 1.165) is 29.5 Å². The van der Waals surface area contributed by atoms with Crippen molar-refractivity contribution in [2.24, 2.45) is 0 Å². The summed E-state index contributed by atoms with van der Waals surface area (Å²) in [6, 6.07) is 17.1. The van der Waals surface area contributed by atoms with Gasteiger partial charge in [-0.1, -0.05) is 35.9 Å². The van der Waals surface area contributed by atoms with E-state index in [0.29, 0.717) is 30.4 Å². The van der Waals surface area contributed by atoms with Crippen LogP contribution < -0.4 is 15.1 Å². The van der Waals surface area contributed by atoms with Crippen LogP contribution in [0.2, 0.25) is 5.02 Å². The highest BCUT2D eigenvalue weighted by atomic mass is 35.5. The van der Waals surface area contributed by atoms with Crippen molar-refractivity contribution in [3.8, 4) is 5.75 Å². The average Bonchev–Trinajstić information content (AvgIpc) is 3.26. The number of fused-ring (bicyclic) bond motifs is 1. The van der Waals surface area contributed by atoms with Crippen LogP contribution in [-0.2, 0) is 11.3 Å². The second kappa shape index (κ2) is 9.65. The number of hydrogen-bond acceptors (Lipinski definition) is 5. The summed E-state index contributed by atoms with van der Waals surface area (Å²) in [5.41, 5.74) is 0.775. The Morgan fingerprint density at radius 1 is 0.971 bits per heavy atom. The van der Waals surface area contributed by atoms with Crippen LogP contribution in [0.25, 0.3) is 10.8 Å². The number of rotatable bonds is 6. The van der Waals surface area contributed by atoms with E-state index < -0.39 is 0 Å². The summed E-state index contributed by atoms with van der Waals surface area (Å²) >= 11 is 5.96. The van der Waals surface area contributed by atoms with Crippen molar-refractivity contribution in [3.63, 3.8) is 0 Å². The Kier molecular flexibility index (Phi) is 6.27. The smallest absolute Gasteiger partial charge is 0.260 e. The second-order valence-corrected chi connectivity index (χ2v) is 8.70. The van der Waals surface area contributed by atoms with Gasteiger partial charge in [0.05, 0.1) is 6.54 Å². The molecule has 0 aliphatic carbocycles. The molecule has 0 bridgehead atoms. The molecule has 1 fully saturated rings. The first-order chi connectivity index (χ1) is 16.5. The number of hydrogen-bond donors (Lipinski definition) is 0. The maximum atomic E-state index is 12.6. The Bertz CT molecular complexity index is 1320. The van der Waals surface area contributed by atoms with Crippen LogP contribution in [0.1, 0.15) is 5.76 Å². The van der Waals surface area contributed by atoms with Gasteiger partial charge >= 0.3 is 0 Å². The van der Waals surface area contributed by atoms with Gasteiger partial charge < -0.3 is 23.5 Å². The van der Waals surface area contributed by atoms with E-state index in [1.54, 1.807) is 4.90 Å². The Morgan fingerprint density at radius 3 is 2.29 bits per heavy atom. The largest absolute Gasteiger partial charge is 0.477 e. The molecular weight excluding hydrogens is 454 g/mol. The van der Waals surface area contributed by atoms with Gasteiger partial charge in [0, 0.05) is 55.3 Å². The highest BCUT2D eigenvalue weighted by Crippen LogP contribution is 2.20. The first-order valence-electron chi connectivity index (χ1n) is 11.1. The molecule has 0 N–H and O–H groups in total. The highest BCUT2D eigenvalue weighted by Gasteiger charge is 2.22. The number of aromatic nitrogens is 1. The number of benzene rings is 2. The van der Waals surface area contributed by atoms with Gasteiger partial charge in [0.15, 0.2) is 6.61 Å². The van der Waals surface area contributed by atoms with E-state index in [-0.39, 0.29) is 23.7 Å². The van der Waals surface area contributed by atoms with Crippen LogP contribution in [0.15, 0.2) is 82.5 Å². The molecule has 1 amide bonds. The zero-order chi connectivity index (χ0) is 23.5. The Hall–Kier alpha value is -3.71. The van der Waals surface area contributed by atoms with Crippen molar-refractivity contribution < 1.29 is 13.9 Å². The van der Waals surface area contributed by atoms with Crippen LogP contribution in [0.3, 0.4) is 0 Å². The zero-order valence-electron chi connectivity index (χ0n) is 18.5. The minimum atomic E-state index is -0.307. The third kappa shape index (κ3) is 4.94. The molecule has 34 heavy (non-hydrogen) atoms.